The van der Waals surface area contributed by atoms with Crippen LogP contribution in [-0.4, -0.2) is 25.3 Å². The van der Waals surface area contributed by atoms with Gasteiger partial charge < -0.3 is 5.32 Å². The molecule has 0 spiro atoms. The maximum absolute atomic E-state index is 10.4. The van der Waals surface area contributed by atoms with Gasteiger partial charge in [0.2, 0.25) is 0 Å². The van der Waals surface area contributed by atoms with Crippen LogP contribution in [-0.2, 0) is 16.7 Å². The van der Waals surface area contributed by atoms with Crippen molar-refractivity contribution >= 4 is 21.7 Å². The van der Waals surface area contributed by atoms with Gasteiger partial charge in [-0.1, -0.05) is 29.8 Å². The average molecular weight is 250 g/mol. The Kier molecular flexibility index (Phi) is 4.53. The van der Waals surface area contributed by atoms with E-state index in [4.69, 9.17) is 16.2 Å². The van der Waals surface area contributed by atoms with Gasteiger partial charge in [0, 0.05) is 18.1 Å². The fraction of sp³-hybridized carbons (Fsp3) is 0.333. The molecule has 0 aliphatic heterocycles. The molecule has 0 amide bonds. The molecule has 2 N–H and O–H groups in total. The van der Waals surface area contributed by atoms with Crippen LogP contribution < -0.4 is 5.32 Å². The van der Waals surface area contributed by atoms with Gasteiger partial charge in [0.15, 0.2) is 0 Å². The summed E-state index contributed by atoms with van der Waals surface area (Å²) >= 11 is 5.89. The van der Waals surface area contributed by atoms with Crippen LogP contribution in [0.15, 0.2) is 24.3 Å². The molecule has 4 nitrogen and oxygen atoms in total. The molecular formula is C9H12ClNO3S. The lowest BCUT2D eigenvalue weighted by molar-refractivity contribution is 0.480. The third-order valence-corrected chi connectivity index (χ3v) is 2.90. The minimum Gasteiger partial charge on any atom is -0.312 e. The summed E-state index contributed by atoms with van der Waals surface area (Å²) in [6.07, 6.45) is 0. The van der Waals surface area contributed by atoms with Crippen LogP contribution in [0.3, 0.4) is 0 Å². The Morgan fingerprint density at radius 3 is 2.60 bits per heavy atom. The highest BCUT2D eigenvalue weighted by Gasteiger charge is 2.03. The van der Waals surface area contributed by atoms with Gasteiger partial charge in [-0.15, -0.1) is 0 Å². The van der Waals surface area contributed by atoms with Crippen LogP contribution in [0.5, 0.6) is 0 Å². The monoisotopic (exact) mass is 249 g/mol. The maximum Gasteiger partial charge on any atom is 0.266 e. The summed E-state index contributed by atoms with van der Waals surface area (Å²) in [6, 6.07) is 7.29. The first kappa shape index (κ1) is 12.4. The third kappa shape index (κ3) is 5.13. The number of nitrogens with one attached hydrogen (secondary N) is 1. The first-order chi connectivity index (χ1) is 6.99. The molecule has 0 aliphatic carbocycles. The summed E-state index contributed by atoms with van der Waals surface area (Å²) in [4.78, 5) is 0. The van der Waals surface area contributed by atoms with Crippen molar-refractivity contribution in [1.82, 2.24) is 5.32 Å². The average Bonchev–Trinajstić information content (AvgIpc) is 2.13. The number of hydrogen-bond donors (Lipinski definition) is 2. The first-order valence-electron chi connectivity index (χ1n) is 4.38. The summed E-state index contributed by atoms with van der Waals surface area (Å²) in [7, 11) is -3.88. The quantitative estimate of drug-likeness (QED) is 0.610. The summed E-state index contributed by atoms with van der Waals surface area (Å²) in [6.45, 7) is 0.680. The second-order valence-electron chi connectivity index (χ2n) is 3.05. The van der Waals surface area contributed by atoms with E-state index >= 15 is 0 Å². The fourth-order valence-corrected chi connectivity index (χ4v) is 1.67. The van der Waals surface area contributed by atoms with Gasteiger partial charge in [0.05, 0.1) is 5.75 Å². The van der Waals surface area contributed by atoms with E-state index < -0.39 is 10.1 Å². The van der Waals surface area contributed by atoms with Crippen LogP contribution in [0.4, 0.5) is 0 Å². The molecule has 0 saturated carbocycles. The van der Waals surface area contributed by atoms with E-state index in [1.165, 1.54) is 0 Å². The van der Waals surface area contributed by atoms with Crippen molar-refractivity contribution in [2.24, 2.45) is 0 Å². The lowest BCUT2D eigenvalue weighted by Gasteiger charge is -2.05. The second kappa shape index (κ2) is 5.46. The predicted molar refractivity (Wildman–Crippen MR) is 59.6 cm³/mol. The molecule has 0 heterocycles. The fourth-order valence-electron chi connectivity index (χ4n) is 1.07. The van der Waals surface area contributed by atoms with Crippen LogP contribution >= 0.6 is 11.6 Å². The van der Waals surface area contributed by atoms with E-state index in [0.29, 0.717) is 11.6 Å². The molecule has 0 aliphatic rings. The standard InChI is InChI=1S/C9H12ClNO3S/c10-9-4-2-1-3-8(9)7-11-5-6-15(12,13)14/h1-4,11H,5-7H2,(H,12,13,14). The van der Waals surface area contributed by atoms with Crippen molar-refractivity contribution in [3.05, 3.63) is 34.9 Å². The molecule has 1 aromatic rings. The Hall–Kier alpha value is -0.620. The first-order valence-corrected chi connectivity index (χ1v) is 6.37. The van der Waals surface area contributed by atoms with Crippen LogP contribution in [0.1, 0.15) is 5.56 Å². The summed E-state index contributed by atoms with van der Waals surface area (Å²) in [5, 5.41) is 3.51. The molecule has 0 atom stereocenters. The molecule has 1 rings (SSSR count). The van der Waals surface area contributed by atoms with Gasteiger partial charge in [-0.2, -0.15) is 8.42 Å². The number of benzene rings is 1. The van der Waals surface area contributed by atoms with Gasteiger partial charge in [-0.3, -0.25) is 4.55 Å². The lowest BCUT2D eigenvalue weighted by Crippen LogP contribution is -2.22. The van der Waals surface area contributed by atoms with E-state index in [2.05, 4.69) is 5.32 Å². The second-order valence-corrected chi connectivity index (χ2v) is 5.03. The van der Waals surface area contributed by atoms with Gasteiger partial charge in [0.1, 0.15) is 0 Å². The molecule has 0 saturated heterocycles. The number of rotatable bonds is 5. The minimum atomic E-state index is -3.88. The highest BCUT2D eigenvalue weighted by Crippen LogP contribution is 2.13. The van der Waals surface area contributed by atoms with Crippen molar-refractivity contribution in [3.63, 3.8) is 0 Å². The lowest BCUT2D eigenvalue weighted by atomic mass is 10.2. The number of halogens is 1. The molecule has 0 bridgehead atoms. The molecule has 0 fully saturated rings. The zero-order valence-corrected chi connectivity index (χ0v) is 9.55. The normalized spacial score (nSPS) is 11.6. The largest absolute Gasteiger partial charge is 0.312 e. The van der Waals surface area contributed by atoms with E-state index in [1.807, 2.05) is 18.2 Å². The summed E-state index contributed by atoms with van der Waals surface area (Å²) in [5.74, 6) is -0.294. The maximum atomic E-state index is 10.4. The molecule has 6 heteroatoms. The van der Waals surface area contributed by atoms with Gasteiger partial charge in [-0.25, -0.2) is 0 Å². The van der Waals surface area contributed by atoms with E-state index in [1.54, 1.807) is 6.07 Å². The molecule has 1 aromatic carbocycles. The van der Waals surface area contributed by atoms with E-state index in [-0.39, 0.29) is 12.3 Å². The molecule has 15 heavy (non-hydrogen) atoms. The SMILES string of the molecule is O=S(=O)(O)CCNCc1ccccc1Cl. The molecular weight excluding hydrogens is 238 g/mol. The molecule has 0 radical (unpaired) electrons. The molecule has 84 valence electrons. The van der Waals surface area contributed by atoms with Crippen LogP contribution in [0.2, 0.25) is 5.02 Å². The Labute approximate surface area is 94.0 Å². The Morgan fingerprint density at radius 2 is 2.00 bits per heavy atom. The van der Waals surface area contributed by atoms with Crippen molar-refractivity contribution < 1.29 is 13.0 Å². The van der Waals surface area contributed by atoms with Gasteiger partial charge in [0.25, 0.3) is 10.1 Å². The Balaban J connectivity index is 2.36. The smallest absolute Gasteiger partial charge is 0.266 e. The number of hydrogen-bond acceptors (Lipinski definition) is 3. The van der Waals surface area contributed by atoms with E-state index in [0.717, 1.165) is 5.56 Å². The summed E-state index contributed by atoms with van der Waals surface area (Å²) < 4.78 is 29.3. The predicted octanol–water partition coefficient (Wildman–Crippen LogP) is 1.32. The van der Waals surface area contributed by atoms with Crippen molar-refractivity contribution in [3.8, 4) is 0 Å². The highest BCUT2D eigenvalue weighted by molar-refractivity contribution is 7.85. The van der Waals surface area contributed by atoms with Crippen molar-refractivity contribution in [2.75, 3.05) is 12.3 Å². The Bertz CT molecular complexity index is 419. The molecule has 0 aromatic heterocycles. The highest BCUT2D eigenvalue weighted by atomic mass is 35.5. The van der Waals surface area contributed by atoms with Crippen molar-refractivity contribution in [2.45, 2.75) is 6.54 Å². The van der Waals surface area contributed by atoms with Gasteiger partial charge in [-0.05, 0) is 11.6 Å². The molecule has 0 unspecified atom stereocenters. The van der Waals surface area contributed by atoms with Crippen LogP contribution in [0, 0.1) is 0 Å². The Morgan fingerprint density at radius 1 is 1.33 bits per heavy atom. The topological polar surface area (TPSA) is 66.4 Å². The van der Waals surface area contributed by atoms with Gasteiger partial charge >= 0.3 is 0 Å². The van der Waals surface area contributed by atoms with Crippen LogP contribution in [0.25, 0.3) is 0 Å². The van der Waals surface area contributed by atoms with E-state index in [9.17, 15) is 8.42 Å². The minimum absolute atomic E-state index is 0.198. The zero-order chi connectivity index (χ0) is 11.3. The summed E-state index contributed by atoms with van der Waals surface area (Å²) in [5.41, 5.74) is 0.898. The third-order valence-electron chi connectivity index (χ3n) is 1.81. The zero-order valence-electron chi connectivity index (χ0n) is 7.98. The van der Waals surface area contributed by atoms with Crippen molar-refractivity contribution in [1.29, 1.82) is 0 Å².